The van der Waals surface area contributed by atoms with Crippen molar-refractivity contribution in [3.63, 3.8) is 0 Å². The van der Waals surface area contributed by atoms with E-state index in [1.165, 1.54) is 0 Å². The van der Waals surface area contributed by atoms with Crippen LogP contribution in [0.5, 0.6) is 0 Å². The first-order valence-corrected chi connectivity index (χ1v) is 11.8. The van der Waals surface area contributed by atoms with Crippen LogP contribution in [0.1, 0.15) is 61.8 Å². The standard InChI is InChI=1S/C17H36N3PS/c1-14(2)19(15(3)4)21(22,13-11-9-10-12-18)20(16(5)6)17(7)8/h9,11,14-17,21-22H,10,13H2,1-8H3. The van der Waals surface area contributed by atoms with Crippen LogP contribution < -0.4 is 0 Å². The average molecular weight is 346 g/mol. The van der Waals surface area contributed by atoms with Gasteiger partial charge in [-0.05, 0) is 0 Å². The van der Waals surface area contributed by atoms with Gasteiger partial charge in [0.2, 0.25) is 0 Å². The van der Waals surface area contributed by atoms with Crippen molar-refractivity contribution >= 4 is 19.0 Å². The third-order valence-electron chi connectivity index (χ3n) is 3.82. The van der Waals surface area contributed by atoms with Gasteiger partial charge >= 0.3 is 144 Å². The van der Waals surface area contributed by atoms with Crippen molar-refractivity contribution in [3.8, 4) is 6.07 Å². The van der Waals surface area contributed by atoms with E-state index in [1.54, 1.807) is 0 Å². The summed E-state index contributed by atoms with van der Waals surface area (Å²) in [5.74, 6) is 0. The SMILES string of the molecule is CC(C)N(C(C)C)[PH](S)(CC=CCC#N)N(C(C)C)C(C)C. The van der Waals surface area contributed by atoms with E-state index in [4.69, 9.17) is 17.5 Å². The summed E-state index contributed by atoms with van der Waals surface area (Å²) < 4.78 is 5.21. The van der Waals surface area contributed by atoms with Crippen molar-refractivity contribution in [2.45, 2.75) is 86.0 Å². The van der Waals surface area contributed by atoms with Gasteiger partial charge in [0.1, 0.15) is 0 Å². The Labute approximate surface area is 144 Å². The first kappa shape index (κ1) is 21.9. The summed E-state index contributed by atoms with van der Waals surface area (Å²) in [6, 6.07) is 3.99. The molecule has 0 fully saturated rings. The Morgan fingerprint density at radius 3 is 1.50 bits per heavy atom. The average Bonchev–Trinajstić information content (AvgIpc) is 2.32. The first-order chi connectivity index (χ1) is 10.1. The summed E-state index contributed by atoms with van der Waals surface area (Å²) in [7, 11) is 0. The van der Waals surface area contributed by atoms with E-state index in [-0.39, 0.29) is 0 Å². The van der Waals surface area contributed by atoms with Crippen LogP contribution in [-0.4, -0.2) is 39.7 Å². The van der Waals surface area contributed by atoms with Crippen molar-refractivity contribution in [1.82, 2.24) is 9.34 Å². The summed E-state index contributed by atoms with van der Waals surface area (Å²) in [6.07, 6.45) is 5.56. The van der Waals surface area contributed by atoms with Crippen molar-refractivity contribution in [3.05, 3.63) is 12.2 Å². The maximum absolute atomic E-state index is 8.74. The molecule has 0 aromatic heterocycles. The minimum absolute atomic E-state index is 0.452. The first-order valence-electron chi connectivity index (χ1n) is 8.40. The van der Waals surface area contributed by atoms with Gasteiger partial charge in [0.25, 0.3) is 0 Å². The molecule has 3 nitrogen and oxygen atoms in total. The zero-order valence-electron chi connectivity index (χ0n) is 15.7. The molecule has 0 heterocycles. The van der Waals surface area contributed by atoms with Crippen LogP contribution in [0.2, 0.25) is 0 Å². The number of nitrogens with zero attached hydrogens (tertiary/aromatic N) is 3. The normalized spacial score (nSPS) is 14.3. The quantitative estimate of drug-likeness (QED) is 0.357. The number of rotatable bonds is 9. The Morgan fingerprint density at radius 2 is 1.23 bits per heavy atom. The van der Waals surface area contributed by atoms with Gasteiger partial charge in [0.05, 0.1) is 0 Å². The van der Waals surface area contributed by atoms with E-state index in [9.17, 15) is 0 Å². The molecule has 0 aliphatic carbocycles. The molecule has 22 heavy (non-hydrogen) atoms. The fraction of sp³-hybridized carbons (Fsp3) is 0.824. The molecule has 0 saturated heterocycles. The van der Waals surface area contributed by atoms with Crippen LogP contribution in [0, 0.1) is 11.3 Å². The number of nitriles is 1. The number of hydrogen-bond acceptors (Lipinski definition) is 4. The zero-order valence-corrected chi connectivity index (χ0v) is 17.6. The van der Waals surface area contributed by atoms with Crippen LogP contribution in [0.15, 0.2) is 12.2 Å². The Balaban J connectivity index is 5.76. The van der Waals surface area contributed by atoms with E-state index in [0.29, 0.717) is 30.6 Å². The van der Waals surface area contributed by atoms with Gasteiger partial charge < -0.3 is 0 Å². The van der Waals surface area contributed by atoms with Crippen molar-refractivity contribution < 1.29 is 0 Å². The van der Waals surface area contributed by atoms with Crippen LogP contribution >= 0.6 is 19.0 Å². The Hall–Kier alpha value is -0.0700. The van der Waals surface area contributed by atoms with Crippen LogP contribution in [0.25, 0.3) is 0 Å². The molecule has 0 bridgehead atoms. The summed E-state index contributed by atoms with van der Waals surface area (Å²) in [4.78, 5) is 0. The monoisotopic (exact) mass is 345 g/mol. The van der Waals surface area contributed by atoms with Gasteiger partial charge in [-0.15, -0.1) is 0 Å². The van der Waals surface area contributed by atoms with Gasteiger partial charge in [-0.25, -0.2) is 0 Å². The molecular weight excluding hydrogens is 309 g/mol. The van der Waals surface area contributed by atoms with Gasteiger partial charge in [0.15, 0.2) is 0 Å². The number of thiol groups is 1. The van der Waals surface area contributed by atoms with Gasteiger partial charge in [0, 0.05) is 0 Å². The molecule has 0 N–H and O–H groups in total. The van der Waals surface area contributed by atoms with Crippen molar-refractivity contribution in [2.24, 2.45) is 0 Å². The number of allylic oxidation sites excluding steroid dienone is 2. The Bertz CT molecular complexity index is 350. The fourth-order valence-electron chi connectivity index (χ4n) is 3.57. The van der Waals surface area contributed by atoms with E-state index in [2.05, 4.69) is 76.9 Å². The third kappa shape index (κ3) is 5.85. The molecule has 0 aliphatic heterocycles. The molecule has 0 rings (SSSR count). The molecule has 0 radical (unpaired) electrons. The number of hydrogen-bond donors (Lipinski definition) is 1. The topological polar surface area (TPSA) is 30.3 Å². The molecule has 130 valence electrons. The zero-order chi connectivity index (χ0) is 17.5. The predicted molar refractivity (Wildman–Crippen MR) is 106 cm³/mol. The van der Waals surface area contributed by atoms with Gasteiger partial charge in [-0.2, -0.15) is 0 Å². The summed E-state index contributed by atoms with van der Waals surface area (Å²) in [5, 5.41) is 8.74. The van der Waals surface area contributed by atoms with Crippen LogP contribution in [-0.2, 0) is 0 Å². The second-order valence-electron chi connectivity index (χ2n) is 7.00. The molecule has 0 saturated carbocycles. The fourth-order valence-corrected chi connectivity index (χ4v) is 11.1. The molecule has 0 amide bonds. The maximum atomic E-state index is 8.74. The second kappa shape index (κ2) is 9.93. The summed E-state index contributed by atoms with van der Waals surface area (Å²) >= 11 is 5.32. The van der Waals surface area contributed by atoms with E-state index >= 15 is 0 Å². The van der Waals surface area contributed by atoms with Crippen molar-refractivity contribution in [2.75, 3.05) is 6.16 Å². The van der Waals surface area contributed by atoms with Gasteiger partial charge in [-0.1, -0.05) is 0 Å². The summed E-state index contributed by atoms with van der Waals surface area (Å²) in [5.41, 5.74) is 0. The minimum atomic E-state index is -2.15. The molecule has 0 unspecified atom stereocenters. The molecular formula is C17H36N3PS. The molecule has 5 heteroatoms. The van der Waals surface area contributed by atoms with E-state index in [0.717, 1.165) is 6.16 Å². The van der Waals surface area contributed by atoms with Crippen LogP contribution in [0.3, 0.4) is 0 Å². The van der Waals surface area contributed by atoms with Gasteiger partial charge in [-0.3, -0.25) is 0 Å². The molecule has 0 spiro atoms. The Kier molecular flexibility index (Phi) is 9.90. The summed E-state index contributed by atoms with van der Waals surface area (Å²) in [6.45, 7) is 15.9. The molecule has 0 aromatic carbocycles. The second-order valence-corrected chi connectivity index (χ2v) is 12.1. The van der Waals surface area contributed by atoms with Crippen molar-refractivity contribution in [1.29, 1.82) is 5.26 Å². The molecule has 0 atom stereocenters. The Morgan fingerprint density at radius 1 is 0.864 bits per heavy atom. The van der Waals surface area contributed by atoms with Crippen LogP contribution in [0.4, 0.5) is 0 Å². The molecule has 0 aliphatic rings. The predicted octanol–water partition coefficient (Wildman–Crippen LogP) is 5.12. The van der Waals surface area contributed by atoms with E-state index in [1.807, 2.05) is 6.08 Å². The molecule has 0 aromatic rings. The van der Waals surface area contributed by atoms with E-state index < -0.39 is 6.77 Å². The third-order valence-corrected chi connectivity index (χ3v) is 10.3.